The molecular formula is C14H12N2O3S. The quantitative estimate of drug-likeness (QED) is 0.727. The van der Waals surface area contributed by atoms with Crippen LogP contribution in [0.25, 0.3) is 10.9 Å². The highest BCUT2D eigenvalue weighted by atomic mass is 32.2. The Morgan fingerprint density at radius 1 is 1.00 bits per heavy atom. The molecule has 0 saturated heterocycles. The zero-order valence-electron chi connectivity index (χ0n) is 10.4. The number of aromatic nitrogens is 1. The summed E-state index contributed by atoms with van der Waals surface area (Å²) in [5, 5.41) is 9.59. The molecule has 1 aromatic heterocycles. The van der Waals surface area contributed by atoms with Gasteiger partial charge in [-0.25, -0.2) is 12.4 Å². The third kappa shape index (κ3) is 1.95. The van der Waals surface area contributed by atoms with Crippen molar-refractivity contribution in [3.63, 3.8) is 0 Å². The van der Waals surface area contributed by atoms with Gasteiger partial charge < -0.3 is 0 Å². The van der Waals surface area contributed by atoms with Crippen LogP contribution in [0.2, 0.25) is 0 Å². The maximum atomic E-state index is 12.6. The van der Waals surface area contributed by atoms with E-state index in [-0.39, 0.29) is 4.90 Å². The maximum Gasteiger partial charge on any atom is 0.268 e. The van der Waals surface area contributed by atoms with Gasteiger partial charge in [-0.1, -0.05) is 18.2 Å². The van der Waals surface area contributed by atoms with E-state index in [0.29, 0.717) is 11.2 Å². The van der Waals surface area contributed by atoms with E-state index in [1.54, 1.807) is 54.6 Å². The van der Waals surface area contributed by atoms with Crippen molar-refractivity contribution in [1.82, 2.24) is 3.97 Å². The second-order valence-corrected chi connectivity index (χ2v) is 6.13. The Labute approximate surface area is 116 Å². The molecule has 0 aliphatic carbocycles. The predicted octanol–water partition coefficient (Wildman–Crippen LogP) is 2.68. The Morgan fingerprint density at radius 2 is 1.75 bits per heavy atom. The highest BCUT2D eigenvalue weighted by Gasteiger charge is 2.18. The molecule has 1 heterocycles. The van der Waals surface area contributed by atoms with Gasteiger partial charge in [-0.2, -0.15) is 0 Å². The number of nitrogens with one attached hydrogen (secondary N) is 1. The number of rotatable bonds is 3. The van der Waals surface area contributed by atoms with Crippen molar-refractivity contribution >= 4 is 26.6 Å². The molecule has 0 bridgehead atoms. The van der Waals surface area contributed by atoms with Crippen molar-refractivity contribution in [3.05, 3.63) is 60.8 Å². The molecule has 0 aliphatic heterocycles. The highest BCUT2D eigenvalue weighted by molar-refractivity contribution is 7.90. The molecule has 0 saturated carbocycles. The van der Waals surface area contributed by atoms with Crippen LogP contribution >= 0.6 is 0 Å². The van der Waals surface area contributed by atoms with Crippen molar-refractivity contribution in [2.45, 2.75) is 4.90 Å². The first kappa shape index (κ1) is 12.7. The molecule has 3 rings (SSSR count). The minimum atomic E-state index is -3.61. The molecule has 102 valence electrons. The minimum Gasteiger partial charge on any atom is -0.291 e. The molecule has 0 fully saturated rings. The van der Waals surface area contributed by atoms with Gasteiger partial charge in [0.25, 0.3) is 10.0 Å². The lowest BCUT2D eigenvalue weighted by Crippen LogP contribution is -2.11. The SMILES string of the molecule is O=S(=O)(c1ccccc1)n1ccc2cc(NO)ccc21. The fraction of sp³-hybridized carbons (Fsp3) is 0. The third-order valence-electron chi connectivity index (χ3n) is 3.08. The zero-order chi connectivity index (χ0) is 14.2. The van der Waals surface area contributed by atoms with E-state index in [2.05, 4.69) is 0 Å². The number of fused-ring (bicyclic) bond motifs is 1. The lowest BCUT2D eigenvalue weighted by molar-refractivity contribution is 0.389. The number of hydrogen-bond donors (Lipinski definition) is 2. The van der Waals surface area contributed by atoms with Gasteiger partial charge in [-0.05, 0) is 36.4 Å². The third-order valence-corrected chi connectivity index (χ3v) is 4.79. The summed E-state index contributed by atoms with van der Waals surface area (Å²) in [4.78, 5) is 0.238. The molecule has 0 atom stereocenters. The molecule has 2 N–H and O–H groups in total. The first-order valence-electron chi connectivity index (χ1n) is 5.95. The van der Waals surface area contributed by atoms with Crippen LogP contribution in [0.1, 0.15) is 0 Å². The summed E-state index contributed by atoms with van der Waals surface area (Å²) in [5.74, 6) is 0. The van der Waals surface area contributed by atoms with E-state index >= 15 is 0 Å². The molecule has 5 nitrogen and oxygen atoms in total. The van der Waals surface area contributed by atoms with E-state index in [0.717, 1.165) is 5.39 Å². The van der Waals surface area contributed by atoms with Gasteiger partial charge in [0.2, 0.25) is 0 Å². The molecule has 3 aromatic rings. The zero-order valence-corrected chi connectivity index (χ0v) is 11.2. The van der Waals surface area contributed by atoms with Crippen LogP contribution in [0.15, 0.2) is 65.7 Å². The van der Waals surface area contributed by atoms with Crippen molar-refractivity contribution < 1.29 is 13.6 Å². The molecule has 0 unspecified atom stereocenters. The summed E-state index contributed by atoms with van der Waals surface area (Å²) in [6.45, 7) is 0. The molecule has 0 spiro atoms. The summed E-state index contributed by atoms with van der Waals surface area (Å²) < 4.78 is 26.4. The number of anilines is 1. The molecule has 2 aromatic carbocycles. The van der Waals surface area contributed by atoms with Crippen LogP contribution in [0.5, 0.6) is 0 Å². The second-order valence-electron chi connectivity index (χ2n) is 4.32. The van der Waals surface area contributed by atoms with Gasteiger partial charge in [-0.15, -0.1) is 0 Å². The number of nitrogens with zero attached hydrogens (tertiary/aromatic N) is 1. The van der Waals surface area contributed by atoms with Gasteiger partial charge in [-0.3, -0.25) is 10.7 Å². The highest BCUT2D eigenvalue weighted by Crippen LogP contribution is 2.24. The molecule has 20 heavy (non-hydrogen) atoms. The summed E-state index contributed by atoms with van der Waals surface area (Å²) in [6, 6.07) is 14.9. The van der Waals surface area contributed by atoms with Crippen molar-refractivity contribution in [2.24, 2.45) is 0 Å². The molecular weight excluding hydrogens is 276 g/mol. The van der Waals surface area contributed by atoms with Crippen LogP contribution in [-0.4, -0.2) is 17.6 Å². The summed E-state index contributed by atoms with van der Waals surface area (Å²) in [7, 11) is -3.61. The average Bonchev–Trinajstić information content (AvgIpc) is 2.91. The normalized spacial score (nSPS) is 11.7. The van der Waals surface area contributed by atoms with Crippen LogP contribution in [-0.2, 0) is 10.0 Å². The minimum absolute atomic E-state index is 0.238. The van der Waals surface area contributed by atoms with Gasteiger partial charge >= 0.3 is 0 Å². The van der Waals surface area contributed by atoms with Crippen LogP contribution in [0.4, 0.5) is 5.69 Å². The first-order chi connectivity index (χ1) is 9.63. The lowest BCUT2D eigenvalue weighted by atomic mass is 10.2. The smallest absolute Gasteiger partial charge is 0.268 e. The Kier molecular flexibility index (Phi) is 2.96. The summed E-state index contributed by atoms with van der Waals surface area (Å²) in [5.41, 5.74) is 3.11. The summed E-state index contributed by atoms with van der Waals surface area (Å²) >= 11 is 0. The Morgan fingerprint density at radius 3 is 2.45 bits per heavy atom. The van der Waals surface area contributed by atoms with E-state index < -0.39 is 10.0 Å². The topological polar surface area (TPSA) is 71.3 Å². The first-order valence-corrected chi connectivity index (χ1v) is 7.39. The number of hydrogen-bond acceptors (Lipinski definition) is 4. The number of benzene rings is 2. The predicted molar refractivity (Wildman–Crippen MR) is 76.4 cm³/mol. The maximum absolute atomic E-state index is 12.6. The van der Waals surface area contributed by atoms with Crippen LogP contribution in [0, 0.1) is 0 Å². The average molecular weight is 288 g/mol. The van der Waals surface area contributed by atoms with Crippen LogP contribution < -0.4 is 5.48 Å². The Balaban J connectivity index is 2.20. The molecule has 0 amide bonds. The Hall–Kier alpha value is -2.31. The van der Waals surface area contributed by atoms with Gasteiger partial charge in [0.05, 0.1) is 16.1 Å². The van der Waals surface area contributed by atoms with Crippen molar-refractivity contribution in [2.75, 3.05) is 5.48 Å². The van der Waals surface area contributed by atoms with Crippen LogP contribution in [0.3, 0.4) is 0 Å². The molecule has 0 radical (unpaired) electrons. The molecule has 0 aliphatic rings. The van der Waals surface area contributed by atoms with E-state index in [1.807, 2.05) is 5.48 Å². The largest absolute Gasteiger partial charge is 0.291 e. The fourth-order valence-corrected chi connectivity index (χ4v) is 3.48. The van der Waals surface area contributed by atoms with E-state index in [1.165, 1.54) is 10.2 Å². The lowest BCUT2D eigenvalue weighted by Gasteiger charge is -2.07. The van der Waals surface area contributed by atoms with E-state index in [4.69, 9.17) is 5.21 Å². The fourth-order valence-electron chi connectivity index (χ4n) is 2.10. The van der Waals surface area contributed by atoms with Gasteiger partial charge in [0.1, 0.15) is 0 Å². The van der Waals surface area contributed by atoms with Crippen molar-refractivity contribution in [1.29, 1.82) is 0 Å². The van der Waals surface area contributed by atoms with Gasteiger partial charge in [0.15, 0.2) is 0 Å². The summed E-state index contributed by atoms with van der Waals surface area (Å²) in [6.07, 6.45) is 1.51. The molecule has 6 heteroatoms. The van der Waals surface area contributed by atoms with Crippen molar-refractivity contribution in [3.8, 4) is 0 Å². The standard InChI is InChI=1S/C14H12N2O3S/c17-15-12-6-7-14-11(10-12)8-9-16(14)20(18,19)13-4-2-1-3-5-13/h1-10,15,17H. The van der Waals surface area contributed by atoms with Gasteiger partial charge in [0, 0.05) is 11.6 Å². The van der Waals surface area contributed by atoms with E-state index in [9.17, 15) is 8.42 Å². The second kappa shape index (κ2) is 4.66. The Bertz CT molecular complexity index is 855. The monoisotopic (exact) mass is 288 g/mol.